The molecule has 146 valence electrons. The molecule has 0 bridgehead atoms. The molecule has 4 nitrogen and oxygen atoms in total. The zero-order chi connectivity index (χ0) is 20.4. The van der Waals surface area contributed by atoms with Crippen molar-refractivity contribution < 1.29 is 18.4 Å². The molecule has 0 aliphatic carbocycles. The van der Waals surface area contributed by atoms with Crippen molar-refractivity contribution in [2.24, 2.45) is 0 Å². The van der Waals surface area contributed by atoms with E-state index in [0.29, 0.717) is 38.6 Å². The summed E-state index contributed by atoms with van der Waals surface area (Å²) >= 11 is 6.91. The molecule has 0 aliphatic rings. The Morgan fingerprint density at radius 2 is 2.00 bits per heavy atom. The van der Waals surface area contributed by atoms with Crippen LogP contribution < -0.4 is 5.41 Å². The van der Waals surface area contributed by atoms with Crippen molar-refractivity contribution in [1.82, 2.24) is 4.40 Å². The normalized spacial score (nSPS) is 12.5. The maximum Gasteiger partial charge on any atom is 0.327 e. The monoisotopic (exact) mass is 440 g/mol. The number of alkyl halides is 2. The lowest BCUT2D eigenvalue weighted by Gasteiger charge is -2.09. The molecule has 0 radical (unpaired) electrons. The lowest BCUT2D eigenvalue weighted by molar-refractivity contribution is -0.120. The molecular formula is C19H17ClF2N3OS2+. The number of pyridine rings is 1. The standard InChI is InChI=1S/C19H16ClF2N3OS2/c1-11-7-15(18(23)27-19(24)17(21)22)25-9-13(8-14(20)16(11)25)28(26)10-12-5-3-2-4-6-12/h2-9,17,23-24H,10H2,1H3/p+1. The molecule has 0 aliphatic heterocycles. The number of nitrogens with one attached hydrogen (secondary N) is 1. The van der Waals surface area contributed by atoms with E-state index in [1.807, 2.05) is 37.3 Å². The molecule has 3 N–H and O–H groups in total. The number of halogens is 3. The first kappa shape index (κ1) is 20.7. The van der Waals surface area contributed by atoms with Gasteiger partial charge in [-0.3, -0.25) is 9.62 Å². The largest absolute Gasteiger partial charge is 0.327 e. The van der Waals surface area contributed by atoms with Crippen molar-refractivity contribution in [2.75, 3.05) is 0 Å². The third-order valence-electron chi connectivity index (χ3n) is 4.05. The maximum absolute atomic E-state index is 12.8. The average molecular weight is 441 g/mol. The van der Waals surface area contributed by atoms with Crippen LogP contribution in [0, 0.1) is 12.3 Å². The zero-order valence-electron chi connectivity index (χ0n) is 14.8. The molecular weight excluding hydrogens is 424 g/mol. The molecule has 0 spiro atoms. The second kappa shape index (κ2) is 8.55. The van der Waals surface area contributed by atoms with Gasteiger partial charge in [0, 0.05) is 18.0 Å². The second-order valence-electron chi connectivity index (χ2n) is 6.06. The van der Waals surface area contributed by atoms with E-state index in [1.165, 1.54) is 0 Å². The lowest BCUT2D eigenvalue weighted by atomic mass is 10.2. The Balaban J connectivity index is 2.00. The van der Waals surface area contributed by atoms with Gasteiger partial charge in [0.05, 0.1) is 37.7 Å². The van der Waals surface area contributed by atoms with Gasteiger partial charge in [0.25, 0.3) is 5.04 Å². The highest BCUT2D eigenvalue weighted by Gasteiger charge is 2.23. The van der Waals surface area contributed by atoms with Gasteiger partial charge in [0.1, 0.15) is 5.04 Å². The number of fused-ring (bicyclic) bond motifs is 1. The Bertz CT molecular complexity index is 1080. The first-order chi connectivity index (χ1) is 13.3. The van der Waals surface area contributed by atoms with Gasteiger partial charge in [-0.05, 0) is 30.2 Å². The van der Waals surface area contributed by atoms with E-state index in [9.17, 15) is 13.0 Å². The fraction of sp³-hybridized carbons (Fsp3) is 0.158. The minimum atomic E-state index is -2.82. The molecule has 1 unspecified atom stereocenters. The Kier molecular flexibility index (Phi) is 6.32. The minimum absolute atomic E-state index is 0.136. The van der Waals surface area contributed by atoms with Gasteiger partial charge in [-0.1, -0.05) is 41.9 Å². The molecule has 2 aromatic heterocycles. The average Bonchev–Trinajstić information content (AvgIpc) is 2.99. The van der Waals surface area contributed by atoms with Gasteiger partial charge in [0.15, 0.2) is 0 Å². The summed E-state index contributed by atoms with van der Waals surface area (Å²) in [7, 11) is -1.36. The van der Waals surface area contributed by atoms with Gasteiger partial charge in [-0.15, -0.1) is 0 Å². The topological polar surface area (TPSA) is 70.9 Å². The number of nitrogens with two attached hydrogens (primary N) is 1. The molecule has 3 rings (SSSR count). The molecule has 0 saturated heterocycles. The van der Waals surface area contributed by atoms with Crippen LogP contribution in [0.25, 0.3) is 5.52 Å². The fourth-order valence-corrected chi connectivity index (χ4v) is 4.91. The summed E-state index contributed by atoms with van der Waals surface area (Å²) in [6.07, 6.45) is -1.19. The van der Waals surface area contributed by atoms with Crippen molar-refractivity contribution >= 4 is 49.8 Å². The highest BCUT2D eigenvalue weighted by Crippen LogP contribution is 2.29. The van der Waals surface area contributed by atoms with E-state index in [4.69, 9.17) is 22.4 Å². The van der Waals surface area contributed by atoms with E-state index in [1.54, 1.807) is 22.7 Å². The predicted octanol–water partition coefficient (Wildman–Crippen LogP) is 3.69. The van der Waals surface area contributed by atoms with Crippen LogP contribution in [-0.2, 0) is 16.6 Å². The van der Waals surface area contributed by atoms with E-state index in [-0.39, 0.29) is 5.04 Å². The summed E-state index contributed by atoms with van der Waals surface area (Å²) in [6.45, 7) is 1.81. The Morgan fingerprint density at radius 1 is 1.32 bits per heavy atom. The SMILES string of the molecule is Cc1cc(C(=N)SC(=[NH2+])C(F)F)n2cc(S(=O)Cc3ccccc3)cc(Cl)c12. The number of aryl methyl sites for hydroxylation is 1. The first-order valence-corrected chi connectivity index (χ1v) is 10.7. The minimum Gasteiger partial charge on any atom is -0.312 e. The number of aromatic nitrogens is 1. The van der Waals surface area contributed by atoms with Gasteiger partial charge in [-0.2, -0.15) is 8.78 Å². The number of hydrogen-bond acceptors (Lipinski definition) is 3. The van der Waals surface area contributed by atoms with Crippen LogP contribution in [0.5, 0.6) is 0 Å². The van der Waals surface area contributed by atoms with Gasteiger partial charge in [0.2, 0.25) is 0 Å². The predicted molar refractivity (Wildman–Crippen MR) is 111 cm³/mol. The third-order valence-corrected chi connectivity index (χ3v) is 6.51. The number of thioether (sulfide) groups is 1. The number of rotatable bonds is 5. The van der Waals surface area contributed by atoms with Crippen LogP contribution in [-0.4, -0.2) is 25.1 Å². The summed E-state index contributed by atoms with van der Waals surface area (Å²) in [4.78, 5) is 0.488. The second-order valence-corrected chi connectivity index (χ2v) is 9.01. The van der Waals surface area contributed by atoms with Crippen LogP contribution in [0.3, 0.4) is 0 Å². The van der Waals surface area contributed by atoms with E-state index < -0.39 is 22.3 Å². The van der Waals surface area contributed by atoms with Gasteiger partial charge in [-0.25, -0.2) is 5.41 Å². The van der Waals surface area contributed by atoms with Crippen molar-refractivity contribution in [3.8, 4) is 0 Å². The number of nitrogens with zero attached hydrogens (tertiary/aromatic N) is 1. The molecule has 0 saturated carbocycles. The summed E-state index contributed by atoms with van der Waals surface area (Å²) in [5.41, 5.74) is 2.70. The van der Waals surface area contributed by atoms with Crippen LogP contribution in [0.4, 0.5) is 8.78 Å². The summed E-state index contributed by atoms with van der Waals surface area (Å²) in [6, 6.07) is 12.7. The van der Waals surface area contributed by atoms with E-state index in [2.05, 4.69) is 0 Å². The first-order valence-electron chi connectivity index (χ1n) is 8.18. The van der Waals surface area contributed by atoms with Crippen LogP contribution in [0.15, 0.2) is 53.6 Å². The quantitative estimate of drug-likeness (QED) is 0.469. The van der Waals surface area contributed by atoms with Crippen LogP contribution in [0.1, 0.15) is 16.8 Å². The van der Waals surface area contributed by atoms with Crippen molar-refractivity contribution in [3.05, 3.63) is 70.5 Å². The summed E-state index contributed by atoms with van der Waals surface area (Å²) < 4.78 is 39.9. The Labute approximate surface area is 172 Å². The molecule has 9 heteroatoms. The molecule has 1 atom stereocenters. The van der Waals surface area contributed by atoms with Crippen molar-refractivity contribution in [2.45, 2.75) is 24.0 Å². The molecule has 1 aromatic carbocycles. The summed E-state index contributed by atoms with van der Waals surface area (Å²) in [5.74, 6) is 0.316. The number of benzene rings is 1. The molecule has 0 amide bonds. The lowest BCUT2D eigenvalue weighted by Crippen LogP contribution is -2.42. The van der Waals surface area contributed by atoms with Crippen LogP contribution >= 0.6 is 23.4 Å². The molecule has 0 fully saturated rings. The fourth-order valence-electron chi connectivity index (χ4n) is 2.77. The zero-order valence-corrected chi connectivity index (χ0v) is 17.2. The summed E-state index contributed by atoms with van der Waals surface area (Å²) in [5, 5.41) is 13.1. The molecule has 28 heavy (non-hydrogen) atoms. The van der Waals surface area contributed by atoms with E-state index in [0.717, 1.165) is 11.1 Å². The maximum atomic E-state index is 12.8. The number of hydrogen-bond donors (Lipinski definition) is 2. The Hall–Kier alpha value is -2.03. The van der Waals surface area contributed by atoms with E-state index >= 15 is 0 Å². The van der Waals surface area contributed by atoms with Gasteiger partial charge >= 0.3 is 6.43 Å². The van der Waals surface area contributed by atoms with Gasteiger partial charge < -0.3 is 4.40 Å². The third kappa shape index (κ3) is 4.34. The smallest absolute Gasteiger partial charge is 0.312 e. The highest BCUT2D eigenvalue weighted by molar-refractivity contribution is 8.26. The molecule has 2 heterocycles. The highest BCUT2D eigenvalue weighted by atomic mass is 35.5. The van der Waals surface area contributed by atoms with Crippen molar-refractivity contribution in [1.29, 1.82) is 5.41 Å². The Morgan fingerprint density at radius 3 is 2.64 bits per heavy atom. The van der Waals surface area contributed by atoms with Crippen LogP contribution in [0.2, 0.25) is 5.02 Å². The molecule has 3 aromatic rings. The van der Waals surface area contributed by atoms with Crippen molar-refractivity contribution in [3.63, 3.8) is 0 Å².